The van der Waals surface area contributed by atoms with Gasteiger partial charge in [-0.15, -0.1) is 0 Å². The van der Waals surface area contributed by atoms with Crippen molar-refractivity contribution in [3.05, 3.63) is 101 Å². The number of fused-ring (bicyclic) bond motifs is 2. The number of nitrogens with zero attached hydrogens (tertiary/aromatic N) is 3. The van der Waals surface area contributed by atoms with Gasteiger partial charge in [-0.2, -0.15) is 0 Å². The summed E-state index contributed by atoms with van der Waals surface area (Å²) in [5.41, 5.74) is 1.76. The van der Waals surface area contributed by atoms with E-state index in [9.17, 15) is 8.78 Å². The Hall–Kier alpha value is -4.57. The fourth-order valence-electron chi connectivity index (χ4n) is 3.50. The molecule has 0 aliphatic rings. The highest BCUT2D eigenvalue weighted by molar-refractivity contribution is 5.85. The van der Waals surface area contributed by atoms with E-state index in [0.717, 1.165) is 34.5 Å². The van der Waals surface area contributed by atoms with Gasteiger partial charge in [-0.1, -0.05) is 30.2 Å². The van der Waals surface area contributed by atoms with Gasteiger partial charge in [0.05, 0.1) is 12.7 Å². The molecular formula is C27H17F2N3O2. The van der Waals surface area contributed by atoms with Crippen LogP contribution in [0.4, 0.5) is 8.78 Å². The predicted octanol–water partition coefficient (Wildman–Crippen LogP) is 5.44. The smallest absolute Gasteiger partial charge is 0.250 e. The first kappa shape index (κ1) is 21.3. The minimum Gasteiger partial charge on any atom is -0.496 e. The van der Waals surface area contributed by atoms with Crippen molar-refractivity contribution in [1.29, 1.82) is 0 Å². The van der Waals surface area contributed by atoms with Crippen LogP contribution in [0.2, 0.25) is 0 Å². The highest BCUT2D eigenvalue weighted by Crippen LogP contribution is 2.27. The molecule has 5 nitrogen and oxygen atoms in total. The van der Waals surface area contributed by atoms with Crippen LogP contribution in [0.3, 0.4) is 0 Å². The number of rotatable bonds is 4. The summed E-state index contributed by atoms with van der Waals surface area (Å²) in [6.07, 6.45) is 1.58. The number of ether oxygens (including phenoxy) is 2. The molecule has 0 saturated carbocycles. The molecule has 0 spiro atoms. The van der Waals surface area contributed by atoms with E-state index >= 15 is 0 Å². The fraction of sp³-hybridized carbons (Fsp3) is 0.0741. The zero-order chi connectivity index (χ0) is 23.5. The summed E-state index contributed by atoms with van der Waals surface area (Å²) in [6, 6.07) is 18.4. The number of hydrogen-bond donors (Lipinski definition) is 0. The molecule has 0 aliphatic carbocycles. The third-order valence-electron chi connectivity index (χ3n) is 5.17. The Labute approximate surface area is 194 Å². The van der Waals surface area contributed by atoms with Crippen LogP contribution in [0.1, 0.15) is 16.8 Å². The lowest BCUT2D eigenvalue weighted by molar-refractivity contribution is 0.285. The van der Waals surface area contributed by atoms with Gasteiger partial charge in [-0.05, 0) is 59.2 Å². The lowest BCUT2D eigenvalue weighted by Gasteiger charge is -2.12. The van der Waals surface area contributed by atoms with Gasteiger partial charge in [0, 0.05) is 11.8 Å². The van der Waals surface area contributed by atoms with Crippen LogP contribution < -0.4 is 9.47 Å². The van der Waals surface area contributed by atoms with Crippen LogP contribution >= 0.6 is 0 Å². The minimum atomic E-state index is -0.635. The average Bonchev–Trinajstić information content (AvgIpc) is 2.87. The number of aromatic nitrogens is 3. The maximum Gasteiger partial charge on any atom is 0.250 e. The van der Waals surface area contributed by atoms with E-state index in [4.69, 9.17) is 9.47 Å². The molecule has 2 aromatic heterocycles. The van der Waals surface area contributed by atoms with Gasteiger partial charge < -0.3 is 9.47 Å². The summed E-state index contributed by atoms with van der Waals surface area (Å²) in [6.45, 7) is 0.136. The lowest BCUT2D eigenvalue weighted by Crippen LogP contribution is -2.04. The number of halogens is 2. The Bertz CT molecular complexity index is 1590. The molecule has 2 heterocycles. The molecule has 5 aromatic rings. The lowest BCUT2D eigenvalue weighted by atomic mass is 10.1. The summed E-state index contributed by atoms with van der Waals surface area (Å²) < 4.78 is 39.1. The number of hydrogen-bond acceptors (Lipinski definition) is 5. The highest BCUT2D eigenvalue weighted by Gasteiger charge is 2.13. The van der Waals surface area contributed by atoms with Crippen LogP contribution in [-0.4, -0.2) is 22.1 Å². The third-order valence-corrected chi connectivity index (χ3v) is 5.17. The molecule has 0 amide bonds. The van der Waals surface area contributed by atoms with Gasteiger partial charge >= 0.3 is 0 Å². The van der Waals surface area contributed by atoms with Crippen molar-refractivity contribution in [3.63, 3.8) is 0 Å². The topological polar surface area (TPSA) is 57.1 Å². The molecule has 0 saturated heterocycles. The molecule has 0 bridgehead atoms. The van der Waals surface area contributed by atoms with E-state index in [-0.39, 0.29) is 23.7 Å². The second-order valence-corrected chi connectivity index (χ2v) is 7.40. The van der Waals surface area contributed by atoms with Gasteiger partial charge in [0.2, 0.25) is 5.88 Å². The van der Waals surface area contributed by atoms with Crippen molar-refractivity contribution in [2.24, 2.45) is 0 Å². The van der Waals surface area contributed by atoms with Gasteiger partial charge in [0.25, 0.3) is 0 Å². The van der Waals surface area contributed by atoms with Crippen molar-refractivity contribution in [1.82, 2.24) is 15.0 Å². The molecule has 0 fully saturated rings. The molecule has 0 radical (unpaired) electrons. The summed E-state index contributed by atoms with van der Waals surface area (Å²) in [4.78, 5) is 13.1. The first-order valence-electron chi connectivity index (χ1n) is 10.4. The van der Waals surface area contributed by atoms with Gasteiger partial charge in [-0.3, -0.25) is 0 Å². The zero-order valence-corrected chi connectivity index (χ0v) is 18.0. The van der Waals surface area contributed by atoms with Crippen molar-refractivity contribution in [2.75, 3.05) is 7.11 Å². The quantitative estimate of drug-likeness (QED) is 0.339. The SMILES string of the molecule is COc1cc2ccccc2cc1COc1nc2cccnc2nc1C#Cc1cc(F)ccc1F. The van der Waals surface area contributed by atoms with E-state index in [1.807, 2.05) is 36.4 Å². The van der Waals surface area contributed by atoms with Crippen molar-refractivity contribution >= 4 is 21.9 Å². The molecule has 0 aliphatic heterocycles. The molecule has 166 valence electrons. The Morgan fingerprint density at radius 2 is 1.71 bits per heavy atom. The van der Waals surface area contributed by atoms with E-state index in [2.05, 4.69) is 26.8 Å². The Kier molecular flexibility index (Phi) is 5.71. The van der Waals surface area contributed by atoms with Crippen molar-refractivity contribution < 1.29 is 18.3 Å². The standard InChI is InChI=1S/C27H17F2N3O2/c1-33-25-15-18-6-3-2-5-17(18)13-20(25)16-34-27-24(31-26-23(32-27)7-4-12-30-26)11-8-19-14-21(28)9-10-22(19)29/h2-7,9-10,12-15H,16H2,1H3. The first-order chi connectivity index (χ1) is 16.6. The molecule has 0 N–H and O–H groups in total. The van der Waals surface area contributed by atoms with Crippen LogP contribution in [0.5, 0.6) is 11.6 Å². The summed E-state index contributed by atoms with van der Waals surface area (Å²) in [5.74, 6) is 4.98. The number of methoxy groups -OCH3 is 1. The second-order valence-electron chi connectivity index (χ2n) is 7.40. The van der Waals surface area contributed by atoms with Gasteiger partial charge in [0.1, 0.15) is 29.5 Å². The van der Waals surface area contributed by atoms with E-state index in [0.29, 0.717) is 16.9 Å². The van der Waals surface area contributed by atoms with Crippen LogP contribution in [0.25, 0.3) is 21.9 Å². The number of benzene rings is 3. The average molecular weight is 453 g/mol. The Morgan fingerprint density at radius 3 is 2.53 bits per heavy atom. The summed E-state index contributed by atoms with van der Waals surface area (Å²) >= 11 is 0. The van der Waals surface area contributed by atoms with E-state index < -0.39 is 11.6 Å². The third kappa shape index (κ3) is 4.34. The molecule has 0 atom stereocenters. The molecule has 3 aromatic carbocycles. The largest absolute Gasteiger partial charge is 0.496 e. The first-order valence-corrected chi connectivity index (χ1v) is 10.4. The van der Waals surface area contributed by atoms with Crippen molar-refractivity contribution in [3.8, 4) is 23.5 Å². The maximum atomic E-state index is 14.0. The van der Waals surface area contributed by atoms with Crippen LogP contribution in [0.15, 0.2) is 72.9 Å². The molecule has 7 heteroatoms. The summed E-state index contributed by atoms with van der Waals surface area (Å²) in [7, 11) is 1.60. The zero-order valence-electron chi connectivity index (χ0n) is 18.0. The van der Waals surface area contributed by atoms with Gasteiger partial charge in [0.15, 0.2) is 11.3 Å². The Balaban J connectivity index is 1.54. The highest BCUT2D eigenvalue weighted by atomic mass is 19.1. The monoisotopic (exact) mass is 453 g/mol. The maximum absolute atomic E-state index is 14.0. The number of pyridine rings is 1. The fourth-order valence-corrected chi connectivity index (χ4v) is 3.50. The molecule has 0 unspecified atom stereocenters. The van der Waals surface area contributed by atoms with Crippen molar-refractivity contribution in [2.45, 2.75) is 6.61 Å². The van der Waals surface area contributed by atoms with Gasteiger partial charge in [-0.25, -0.2) is 23.7 Å². The van der Waals surface area contributed by atoms with Crippen LogP contribution in [0, 0.1) is 23.5 Å². The molecule has 5 rings (SSSR count). The summed E-state index contributed by atoms with van der Waals surface area (Å²) in [5, 5.41) is 2.08. The molecule has 34 heavy (non-hydrogen) atoms. The normalized spacial score (nSPS) is 10.7. The minimum absolute atomic E-state index is 0.0925. The molecular weight excluding hydrogens is 436 g/mol. The predicted molar refractivity (Wildman–Crippen MR) is 125 cm³/mol. The van der Waals surface area contributed by atoms with E-state index in [1.54, 1.807) is 25.4 Å². The van der Waals surface area contributed by atoms with E-state index in [1.165, 1.54) is 0 Å². The Morgan fingerprint density at radius 1 is 0.882 bits per heavy atom. The second kappa shape index (κ2) is 9.12. The van der Waals surface area contributed by atoms with Crippen LogP contribution in [-0.2, 0) is 6.61 Å².